The van der Waals surface area contributed by atoms with Crippen molar-refractivity contribution in [3.05, 3.63) is 34.6 Å². The van der Waals surface area contributed by atoms with Gasteiger partial charge < -0.3 is 9.84 Å². The fraction of sp³-hybridized carbons (Fsp3) is 0.364. The van der Waals surface area contributed by atoms with Crippen molar-refractivity contribution in [1.82, 2.24) is 15.1 Å². The molecule has 2 heterocycles. The van der Waals surface area contributed by atoms with Crippen molar-refractivity contribution >= 4 is 17.4 Å². The molecule has 6 heteroatoms. The Morgan fingerprint density at radius 3 is 2.88 bits per heavy atom. The first-order valence-electron chi connectivity index (χ1n) is 5.37. The van der Waals surface area contributed by atoms with Crippen LogP contribution in [0.2, 0.25) is 5.15 Å². The molecule has 0 aliphatic rings. The second-order valence-corrected chi connectivity index (χ2v) is 3.96. The Labute approximate surface area is 104 Å². The minimum Gasteiger partial charge on any atom is -0.364 e. The fourth-order valence-electron chi connectivity index (χ4n) is 1.37. The van der Waals surface area contributed by atoms with Crippen LogP contribution in [0.3, 0.4) is 0 Å². The second kappa shape index (κ2) is 5.14. The molecule has 0 aliphatic heterocycles. The number of rotatable bonds is 4. The lowest BCUT2D eigenvalue weighted by atomic mass is 10.3. The van der Waals surface area contributed by atoms with E-state index in [1.165, 1.54) is 6.26 Å². The van der Waals surface area contributed by atoms with Crippen molar-refractivity contribution < 1.29 is 4.52 Å². The van der Waals surface area contributed by atoms with E-state index in [0.29, 0.717) is 11.7 Å². The number of anilines is 1. The molecular weight excluding hydrogens is 240 g/mol. The molecule has 0 radical (unpaired) electrons. The predicted octanol–water partition coefficient (Wildman–Crippen LogP) is 2.60. The lowest BCUT2D eigenvalue weighted by Crippen LogP contribution is -2.07. The van der Waals surface area contributed by atoms with Gasteiger partial charge in [0.05, 0.1) is 6.54 Å². The molecule has 0 fully saturated rings. The summed E-state index contributed by atoms with van der Waals surface area (Å²) in [7, 11) is 0. The van der Waals surface area contributed by atoms with Gasteiger partial charge in [-0.05, 0) is 6.92 Å². The van der Waals surface area contributed by atoms with Crippen LogP contribution >= 0.6 is 11.6 Å². The highest BCUT2D eigenvalue weighted by molar-refractivity contribution is 6.30. The van der Waals surface area contributed by atoms with Crippen LogP contribution in [-0.2, 0) is 13.0 Å². The van der Waals surface area contributed by atoms with Crippen molar-refractivity contribution in [2.75, 3.05) is 5.32 Å². The van der Waals surface area contributed by atoms with Crippen LogP contribution in [0.15, 0.2) is 16.9 Å². The first kappa shape index (κ1) is 11.9. The lowest BCUT2D eigenvalue weighted by Gasteiger charge is -2.09. The van der Waals surface area contributed by atoms with Gasteiger partial charge in [-0.15, -0.1) is 0 Å². The van der Waals surface area contributed by atoms with Gasteiger partial charge >= 0.3 is 0 Å². The summed E-state index contributed by atoms with van der Waals surface area (Å²) in [5.41, 5.74) is 1.66. The minimum atomic E-state index is 0.486. The van der Waals surface area contributed by atoms with E-state index >= 15 is 0 Å². The highest BCUT2D eigenvalue weighted by Gasteiger charge is 2.08. The van der Waals surface area contributed by atoms with Gasteiger partial charge in [0.15, 0.2) is 0 Å². The maximum Gasteiger partial charge on any atom is 0.137 e. The molecule has 0 bridgehead atoms. The van der Waals surface area contributed by atoms with E-state index in [4.69, 9.17) is 16.1 Å². The van der Waals surface area contributed by atoms with Gasteiger partial charge in [0.1, 0.15) is 28.8 Å². The van der Waals surface area contributed by atoms with Crippen LogP contribution in [0.5, 0.6) is 0 Å². The Bertz CT molecular complexity index is 498. The van der Waals surface area contributed by atoms with Crippen LogP contribution < -0.4 is 5.32 Å². The van der Waals surface area contributed by atoms with Crippen molar-refractivity contribution in [2.45, 2.75) is 26.8 Å². The van der Waals surface area contributed by atoms with E-state index < -0.39 is 0 Å². The maximum atomic E-state index is 6.03. The monoisotopic (exact) mass is 252 g/mol. The predicted molar refractivity (Wildman–Crippen MR) is 65.0 cm³/mol. The molecule has 0 unspecified atom stereocenters. The summed E-state index contributed by atoms with van der Waals surface area (Å²) >= 11 is 6.03. The van der Waals surface area contributed by atoms with E-state index in [0.717, 1.165) is 29.3 Å². The van der Waals surface area contributed by atoms with E-state index in [1.54, 1.807) is 6.07 Å². The van der Waals surface area contributed by atoms with Crippen LogP contribution in [0.1, 0.15) is 24.0 Å². The molecule has 0 spiro atoms. The SMILES string of the molecule is CCc1nc(Cl)c(C)c(NCc2ccon2)n1. The highest BCUT2D eigenvalue weighted by Crippen LogP contribution is 2.20. The van der Waals surface area contributed by atoms with Crippen LogP contribution in [0, 0.1) is 6.92 Å². The van der Waals surface area contributed by atoms with E-state index in [1.807, 2.05) is 13.8 Å². The summed E-state index contributed by atoms with van der Waals surface area (Å²) < 4.78 is 4.75. The minimum absolute atomic E-state index is 0.486. The molecule has 0 amide bonds. The Morgan fingerprint density at radius 1 is 1.41 bits per heavy atom. The average Bonchev–Trinajstić information content (AvgIpc) is 2.84. The third kappa shape index (κ3) is 2.74. The number of nitrogens with one attached hydrogen (secondary N) is 1. The van der Waals surface area contributed by atoms with Crippen molar-refractivity contribution in [3.8, 4) is 0 Å². The second-order valence-electron chi connectivity index (χ2n) is 3.60. The standard InChI is InChI=1S/C11H13ClN4O/c1-3-9-14-10(12)7(2)11(15-9)13-6-8-4-5-17-16-8/h4-5H,3,6H2,1-2H3,(H,13,14,15). The summed E-state index contributed by atoms with van der Waals surface area (Å²) in [5.74, 6) is 1.47. The largest absolute Gasteiger partial charge is 0.364 e. The first-order valence-corrected chi connectivity index (χ1v) is 5.74. The number of aromatic nitrogens is 3. The van der Waals surface area contributed by atoms with Gasteiger partial charge in [-0.3, -0.25) is 0 Å². The van der Waals surface area contributed by atoms with Gasteiger partial charge in [0, 0.05) is 18.1 Å². The van der Waals surface area contributed by atoms with Gasteiger partial charge in [-0.1, -0.05) is 23.7 Å². The van der Waals surface area contributed by atoms with E-state index in [-0.39, 0.29) is 0 Å². The number of halogens is 1. The summed E-state index contributed by atoms with van der Waals surface area (Å²) in [6.45, 7) is 4.42. The molecule has 90 valence electrons. The maximum absolute atomic E-state index is 6.03. The molecule has 2 rings (SSSR count). The Hall–Kier alpha value is -1.62. The molecule has 5 nitrogen and oxygen atoms in total. The van der Waals surface area contributed by atoms with Gasteiger partial charge in [0.2, 0.25) is 0 Å². The molecule has 0 saturated heterocycles. The quantitative estimate of drug-likeness (QED) is 0.848. The average molecular weight is 253 g/mol. The third-order valence-corrected chi connectivity index (χ3v) is 2.75. The topological polar surface area (TPSA) is 63.8 Å². The van der Waals surface area contributed by atoms with Crippen LogP contribution in [-0.4, -0.2) is 15.1 Å². The summed E-state index contributed by atoms with van der Waals surface area (Å²) in [5, 5.41) is 7.47. The number of nitrogens with zero attached hydrogens (tertiary/aromatic N) is 3. The summed E-state index contributed by atoms with van der Waals surface area (Å²) in [6, 6.07) is 1.80. The van der Waals surface area contributed by atoms with Gasteiger partial charge in [0.25, 0.3) is 0 Å². The van der Waals surface area contributed by atoms with Crippen molar-refractivity contribution in [3.63, 3.8) is 0 Å². The first-order chi connectivity index (χ1) is 8.20. The molecule has 0 aliphatic carbocycles. The molecule has 2 aromatic heterocycles. The molecule has 17 heavy (non-hydrogen) atoms. The molecular formula is C11H13ClN4O. The normalized spacial score (nSPS) is 10.5. The third-order valence-electron chi connectivity index (χ3n) is 2.38. The van der Waals surface area contributed by atoms with E-state index in [9.17, 15) is 0 Å². The zero-order valence-corrected chi connectivity index (χ0v) is 10.5. The highest BCUT2D eigenvalue weighted by atomic mass is 35.5. The molecule has 1 N–H and O–H groups in total. The number of hydrogen-bond donors (Lipinski definition) is 1. The van der Waals surface area contributed by atoms with Crippen LogP contribution in [0.25, 0.3) is 0 Å². The van der Waals surface area contributed by atoms with Crippen molar-refractivity contribution in [2.24, 2.45) is 0 Å². The van der Waals surface area contributed by atoms with Crippen molar-refractivity contribution in [1.29, 1.82) is 0 Å². The summed E-state index contributed by atoms with van der Waals surface area (Å²) in [4.78, 5) is 8.56. The fourth-order valence-corrected chi connectivity index (χ4v) is 1.55. The Balaban J connectivity index is 2.17. The number of hydrogen-bond acceptors (Lipinski definition) is 5. The molecule has 0 atom stereocenters. The molecule has 0 aromatic carbocycles. The lowest BCUT2D eigenvalue weighted by molar-refractivity contribution is 0.412. The zero-order chi connectivity index (χ0) is 12.3. The smallest absolute Gasteiger partial charge is 0.137 e. The Morgan fingerprint density at radius 2 is 2.24 bits per heavy atom. The van der Waals surface area contributed by atoms with E-state index in [2.05, 4.69) is 20.4 Å². The van der Waals surface area contributed by atoms with Gasteiger partial charge in [-0.25, -0.2) is 9.97 Å². The zero-order valence-electron chi connectivity index (χ0n) is 9.70. The number of aryl methyl sites for hydroxylation is 1. The van der Waals surface area contributed by atoms with Gasteiger partial charge in [-0.2, -0.15) is 0 Å². The Kier molecular flexibility index (Phi) is 3.58. The van der Waals surface area contributed by atoms with Crippen LogP contribution in [0.4, 0.5) is 5.82 Å². The molecule has 2 aromatic rings. The summed E-state index contributed by atoms with van der Waals surface area (Å²) in [6.07, 6.45) is 2.28. The molecule has 0 saturated carbocycles.